The van der Waals surface area contributed by atoms with Gasteiger partial charge in [-0.2, -0.15) is 5.90 Å². The van der Waals surface area contributed by atoms with Crippen molar-refractivity contribution < 1.29 is 9.94 Å². The summed E-state index contributed by atoms with van der Waals surface area (Å²) in [7, 11) is 0. The lowest BCUT2D eigenvalue weighted by atomic mass is 10.0. The minimum absolute atomic E-state index is 0.150. The maximum atomic E-state index is 9.30. The molecule has 3 nitrogen and oxygen atoms in total. The third-order valence-electron chi connectivity index (χ3n) is 2.42. The lowest BCUT2D eigenvalue weighted by molar-refractivity contribution is 0.329. The lowest BCUT2D eigenvalue weighted by Crippen LogP contribution is -2.04. The monoisotopic (exact) mass is 215 g/mol. The van der Waals surface area contributed by atoms with Crippen molar-refractivity contribution in [3.63, 3.8) is 0 Å². The van der Waals surface area contributed by atoms with E-state index in [1.807, 2.05) is 36.4 Å². The molecule has 0 aliphatic heterocycles. The second-order valence-electron chi connectivity index (χ2n) is 3.57. The number of phenols is 1. The highest BCUT2D eigenvalue weighted by atomic mass is 16.6. The molecule has 0 saturated carbocycles. The van der Waals surface area contributed by atoms with Crippen LogP contribution in [0.3, 0.4) is 0 Å². The highest BCUT2D eigenvalue weighted by molar-refractivity contribution is 5.42. The highest BCUT2D eigenvalue weighted by Gasteiger charge is 2.05. The molecule has 0 atom stereocenters. The van der Waals surface area contributed by atoms with Gasteiger partial charge in [0, 0.05) is 18.1 Å². The minimum Gasteiger partial charge on any atom is -0.508 e. The normalized spacial score (nSPS) is 10.1. The van der Waals surface area contributed by atoms with Gasteiger partial charge in [-0.1, -0.05) is 36.4 Å². The van der Waals surface area contributed by atoms with Crippen molar-refractivity contribution >= 4 is 0 Å². The van der Waals surface area contributed by atoms with Gasteiger partial charge in [0.15, 0.2) is 5.75 Å². The number of nitrogens with two attached hydrogens (primary N) is 1. The maximum Gasteiger partial charge on any atom is 0.154 e. The van der Waals surface area contributed by atoms with E-state index < -0.39 is 0 Å². The Morgan fingerprint density at radius 2 is 1.81 bits per heavy atom. The summed E-state index contributed by atoms with van der Waals surface area (Å²) in [5.41, 5.74) is 2.12. The largest absolute Gasteiger partial charge is 0.508 e. The number of hydrogen-bond donors (Lipinski definition) is 2. The van der Waals surface area contributed by atoms with Crippen LogP contribution in [-0.4, -0.2) is 5.11 Å². The van der Waals surface area contributed by atoms with Crippen LogP contribution in [-0.2, 0) is 6.42 Å². The Labute approximate surface area is 94.1 Å². The topological polar surface area (TPSA) is 55.5 Å². The van der Waals surface area contributed by atoms with Crippen LogP contribution in [0.5, 0.6) is 11.5 Å². The Bertz CT molecular complexity index is 469. The second kappa shape index (κ2) is 4.68. The fraction of sp³-hybridized carbons (Fsp3) is 0.0769. The molecule has 3 heteroatoms. The molecule has 0 saturated heterocycles. The Balaban J connectivity index is 2.28. The van der Waals surface area contributed by atoms with Crippen LogP contribution in [0.25, 0.3) is 0 Å². The molecule has 0 heterocycles. The van der Waals surface area contributed by atoms with Crippen LogP contribution in [0.15, 0.2) is 48.5 Å². The molecule has 3 N–H and O–H groups in total. The van der Waals surface area contributed by atoms with E-state index in [2.05, 4.69) is 0 Å². The number of phenolic OH excluding ortho intramolecular Hbond substituents is 1. The quantitative estimate of drug-likeness (QED) is 0.772. The predicted octanol–water partition coefficient (Wildman–Crippen LogP) is 2.24. The average Bonchev–Trinajstić information content (AvgIpc) is 2.33. The van der Waals surface area contributed by atoms with E-state index in [1.165, 1.54) is 11.6 Å². The fourth-order valence-corrected chi connectivity index (χ4v) is 1.61. The van der Waals surface area contributed by atoms with Crippen molar-refractivity contribution in [3.8, 4) is 11.5 Å². The summed E-state index contributed by atoms with van der Waals surface area (Å²) in [6.07, 6.45) is 0.730. The molecule has 0 spiro atoms. The molecule has 2 rings (SSSR count). The first-order chi connectivity index (χ1) is 7.79. The van der Waals surface area contributed by atoms with Gasteiger partial charge in [0.25, 0.3) is 0 Å². The van der Waals surface area contributed by atoms with Crippen LogP contribution in [0.2, 0.25) is 0 Å². The molecule has 0 radical (unpaired) electrons. The molecule has 82 valence electrons. The van der Waals surface area contributed by atoms with E-state index in [0.717, 1.165) is 12.0 Å². The molecular formula is C13H13NO2. The molecule has 0 fully saturated rings. The van der Waals surface area contributed by atoms with Gasteiger partial charge in [-0.25, -0.2) is 0 Å². The van der Waals surface area contributed by atoms with Gasteiger partial charge in [0.1, 0.15) is 5.75 Å². The smallest absolute Gasteiger partial charge is 0.154 e. The van der Waals surface area contributed by atoms with Crippen LogP contribution in [0.4, 0.5) is 0 Å². The predicted molar refractivity (Wildman–Crippen MR) is 62.2 cm³/mol. The molecule has 0 bridgehead atoms. The molecule has 16 heavy (non-hydrogen) atoms. The molecular weight excluding hydrogens is 202 g/mol. The summed E-state index contributed by atoms with van der Waals surface area (Å²) >= 11 is 0. The SMILES string of the molecule is NOc1cc(O)ccc1Cc1ccccc1. The Morgan fingerprint density at radius 3 is 2.50 bits per heavy atom. The van der Waals surface area contributed by atoms with Gasteiger partial charge in [-0.3, -0.25) is 0 Å². The zero-order valence-corrected chi connectivity index (χ0v) is 8.76. The van der Waals surface area contributed by atoms with Crippen LogP contribution < -0.4 is 10.7 Å². The second-order valence-corrected chi connectivity index (χ2v) is 3.57. The van der Waals surface area contributed by atoms with Gasteiger partial charge in [-0.15, -0.1) is 0 Å². The zero-order valence-electron chi connectivity index (χ0n) is 8.76. The Hall–Kier alpha value is -2.00. The van der Waals surface area contributed by atoms with Crippen molar-refractivity contribution in [1.82, 2.24) is 0 Å². The summed E-state index contributed by atoms with van der Waals surface area (Å²) < 4.78 is 0. The first-order valence-corrected chi connectivity index (χ1v) is 5.02. The van der Waals surface area contributed by atoms with Crippen molar-refractivity contribution in [3.05, 3.63) is 59.7 Å². The third-order valence-corrected chi connectivity index (χ3v) is 2.42. The standard InChI is InChI=1S/C13H13NO2/c14-16-13-9-12(15)7-6-11(13)8-10-4-2-1-3-5-10/h1-7,9,15H,8,14H2. The van der Waals surface area contributed by atoms with E-state index >= 15 is 0 Å². The Morgan fingerprint density at radius 1 is 1.06 bits per heavy atom. The highest BCUT2D eigenvalue weighted by Crippen LogP contribution is 2.25. The van der Waals surface area contributed by atoms with Gasteiger partial charge < -0.3 is 9.94 Å². The van der Waals surface area contributed by atoms with Gasteiger partial charge in [0.05, 0.1) is 0 Å². The molecule has 2 aromatic rings. The molecule has 0 aromatic heterocycles. The maximum absolute atomic E-state index is 9.30. The van der Waals surface area contributed by atoms with E-state index in [-0.39, 0.29) is 5.75 Å². The number of hydrogen-bond acceptors (Lipinski definition) is 3. The molecule has 0 aliphatic rings. The summed E-state index contributed by atoms with van der Waals surface area (Å²) in [5, 5.41) is 9.30. The molecule has 0 amide bonds. The van der Waals surface area contributed by atoms with Gasteiger partial charge in [0.2, 0.25) is 0 Å². The number of aromatic hydroxyl groups is 1. The molecule has 2 aromatic carbocycles. The van der Waals surface area contributed by atoms with E-state index in [1.54, 1.807) is 6.07 Å². The molecule has 0 aliphatic carbocycles. The average molecular weight is 215 g/mol. The van der Waals surface area contributed by atoms with Crippen molar-refractivity contribution in [2.45, 2.75) is 6.42 Å². The van der Waals surface area contributed by atoms with Crippen LogP contribution in [0, 0.1) is 0 Å². The molecule has 0 unspecified atom stereocenters. The zero-order chi connectivity index (χ0) is 11.4. The van der Waals surface area contributed by atoms with Crippen molar-refractivity contribution in [2.24, 2.45) is 5.90 Å². The summed E-state index contributed by atoms with van der Waals surface area (Å²) in [6.45, 7) is 0. The van der Waals surface area contributed by atoms with E-state index in [0.29, 0.717) is 5.75 Å². The van der Waals surface area contributed by atoms with Gasteiger partial charge in [-0.05, 0) is 11.6 Å². The number of rotatable bonds is 3. The third kappa shape index (κ3) is 2.32. The van der Waals surface area contributed by atoms with E-state index in [4.69, 9.17) is 10.7 Å². The van der Waals surface area contributed by atoms with Crippen LogP contribution in [0.1, 0.15) is 11.1 Å². The van der Waals surface area contributed by atoms with Crippen molar-refractivity contribution in [1.29, 1.82) is 0 Å². The summed E-state index contributed by atoms with van der Waals surface area (Å²) in [4.78, 5) is 4.74. The fourth-order valence-electron chi connectivity index (χ4n) is 1.61. The first kappa shape index (κ1) is 10.5. The van der Waals surface area contributed by atoms with Crippen molar-refractivity contribution in [2.75, 3.05) is 0 Å². The first-order valence-electron chi connectivity index (χ1n) is 5.02. The number of benzene rings is 2. The van der Waals surface area contributed by atoms with Gasteiger partial charge >= 0.3 is 0 Å². The Kier molecular flexibility index (Phi) is 3.08. The van der Waals surface area contributed by atoms with Crippen LogP contribution >= 0.6 is 0 Å². The lowest BCUT2D eigenvalue weighted by Gasteiger charge is -2.07. The summed E-state index contributed by atoms with van der Waals surface area (Å²) in [6, 6.07) is 15.0. The summed E-state index contributed by atoms with van der Waals surface area (Å²) in [5.74, 6) is 5.82. The minimum atomic E-state index is 0.150. The van der Waals surface area contributed by atoms with E-state index in [9.17, 15) is 5.11 Å².